The van der Waals surface area contributed by atoms with E-state index in [0.717, 1.165) is 0 Å². The quantitative estimate of drug-likeness (QED) is 0.399. The van der Waals surface area contributed by atoms with Gasteiger partial charge in [-0.3, -0.25) is 24.7 Å². The Kier molecular flexibility index (Phi) is 5.00. The lowest BCUT2D eigenvalue weighted by molar-refractivity contribution is -0.384. The minimum Gasteiger partial charge on any atom is -0.311 e. The minimum atomic E-state index is -0.641. The van der Waals surface area contributed by atoms with E-state index in [1.54, 1.807) is 0 Å². The van der Waals surface area contributed by atoms with Crippen molar-refractivity contribution in [2.45, 2.75) is 13.3 Å². The number of aryl methyl sites for hydroxylation is 1. The van der Waals surface area contributed by atoms with E-state index in [9.17, 15) is 24.5 Å². The molecule has 1 aromatic heterocycles. The van der Waals surface area contributed by atoms with Crippen LogP contribution in [0, 0.1) is 17.0 Å². The molecule has 3 N–H and O–H groups in total. The molecule has 10 nitrogen and oxygen atoms in total. The minimum absolute atomic E-state index is 0.0519. The second-order valence-electron chi connectivity index (χ2n) is 4.83. The summed E-state index contributed by atoms with van der Waals surface area (Å²) in [6, 6.07) is 5.58. The average Bonchev–Trinajstić information content (AvgIpc) is 2.51. The fourth-order valence-electron chi connectivity index (χ4n) is 1.90. The first-order chi connectivity index (χ1) is 11.4. The molecular formula is C14H13N5O5. The molecule has 0 saturated heterocycles. The molecule has 0 unspecified atom stereocenters. The lowest BCUT2D eigenvalue weighted by Crippen LogP contribution is -2.30. The van der Waals surface area contributed by atoms with Gasteiger partial charge in [-0.05, 0) is 24.6 Å². The number of nitrogens with one attached hydrogen (secondary N) is 3. The predicted octanol–water partition coefficient (Wildman–Crippen LogP) is -0.0274. The average molecular weight is 331 g/mol. The van der Waals surface area contributed by atoms with Crippen LogP contribution in [0.1, 0.15) is 16.8 Å². The first-order valence-corrected chi connectivity index (χ1v) is 6.75. The van der Waals surface area contributed by atoms with Gasteiger partial charge in [-0.15, -0.1) is 0 Å². The molecule has 0 aliphatic heterocycles. The Labute approximate surface area is 134 Å². The lowest BCUT2D eigenvalue weighted by Gasteiger charge is -2.02. The Balaban J connectivity index is 1.99. The Morgan fingerprint density at radius 1 is 1.29 bits per heavy atom. The number of nitrogens with zero attached hydrogens (tertiary/aromatic N) is 2. The van der Waals surface area contributed by atoms with Crippen LogP contribution in [0.5, 0.6) is 0 Å². The number of hydrazone groups is 1. The van der Waals surface area contributed by atoms with Gasteiger partial charge in [0.25, 0.3) is 11.2 Å². The maximum Gasteiger partial charge on any atom is 0.325 e. The molecule has 0 radical (unpaired) electrons. The number of amides is 1. The van der Waals surface area contributed by atoms with Crippen LogP contribution in [0.3, 0.4) is 0 Å². The summed E-state index contributed by atoms with van der Waals surface area (Å²) >= 11 is 0. The van der Waals surface area contributed by atoms with E-state index in [4.69, 9.17) is 0 Å². The van der Waals surface area contributed by atoms with Crippen molar-refractivity contribution in [1.29, 1.82) is 0 Å². The molecule has 0 fully saturated rings. The number of hydrogen-bond donors (Lipinski definition) is 3. The Hall–Kier alpha value is -3.56. The SMILES string of the molecule is Cc1[nH]c(=O)[nH]c(=O)c1CC(=O)N/N=C\c1ccc([N+](=O)[O-])cc1. The second kappa shape index (κ2) is 7.13. The number of nitro groups is 1. The van der Waals surface area contributed by atoms with Crippen LogP contribution in [0.2, 0.25) is 0 Å². The molecule has 10 heteroatoms. The van der Waals surface area contributed by atoms with Gasteiger partial charge in [-0.25, -0.2) is 10.2 Å². The highest BCUT2D eigenvalue weighted by Crippen LogP contribution is 2.10. The van der Waals surface area contributed by atoms with Crippen molar-refractivity contribution in [2.75, 3.05) is 0 Å². The van der Waals surface area contributed by atoms with Gasteiger partial charge in [0.15, 0.2) is 0 Å². The van der Waals surface area contributed by atoms with Crippen molar-refractivity contribution in [1.82, 2.24) is 15.4 Å². The van der Waals surface area contributed by atoms with Crippen LogP contribution in [-0.4, -0.2) is 27.0 Å². The number of aromatic amines is 2. The summed E-state index contributed by atoms with van der Waals surface area (Å²) in [5.74, 6) is -0.547. The van der Waals surface area contributed by atoms with E-state index in [-0.39, 0.29) is 17.7 Å². The number of carbonyl (C=O) groups is 1. The van der Waals surface area contributed by atoms with Gasteiger partial charge in [0.05, 0.1) is 17.6 Å². The van der Waals surface area contributed by atoms with E-state index >= 15 is 0 Å². The van der Waals surface area contributed by atoms with Crippen molar-refractivity contribution in [3.05, 3.63) is 72.0 Å². The number of non-ortho nitro benzene ring substituents is 1. The summed E-state index contributed by atoms with van der Waals surface area (Å²) in [4.78, 5) is 48.9. The highest BCUT2D eigenvalue weighted by Gasteiger charge is 2.10. The summed E-state index contributed by atoms with van der Waals surface area (Å²) in [6.45, 7) is 1.51. The Bertz CT molecular complexity index is 910. The molecule has 0 atom stereocenters. The third-order valence-electron chi connectivity index (χ3n) is 3.10. The summed E-state index contributed by atoms with van der Waals surface area (Å²) in [5.41, 5.74) is 1.91. The number of H-pyrrole nitrogens is 2. The zero-order valence-electron chi connectivity index (χ0n) is 12.5. The standard InChI is InChI=1S/C14H13N5O5/c1-8-11(13(21)17-14(22)16-8)6-12(20)18-15-7-9-2-4-10(5-3-9)19(23)24/h2-5,7H,6H2,1H3,(H,18,20)(H2,16,17,21,22)/b15-7-. The number of rotatable bonds is 5. The maximum absolute atomic E-state index is 11.8. The van der Waals surface area contributed by atoms with E-state index < -0.39 is 22.1 Å². The molecule has 124 valence electrons. The second-order valence-corrected chi connectivity index (χ2v) is 4.83. The number of benzene rings is 1. The van der Waals surface area contributed by atoms with Crippen molar-refractivity contribution in [3.8, 4) is 0 Å². The summed E-state index contributed by atoms with van der Waals surface area (Å²) in [7, 11) is 0. The van der Waals surface area contributed by atoms with Gasteiger partial charge in [0, 0.05) is 23.4 Å². The zero-order chi connectivity index (χ0) is 17.7. The van der Waals surface area contributed by atoms with Crippen LogP contribution in [0.15, 0.2) is 39.0 Å². The topological polar surface area (TPSA) is 150 Å². The molecule has 1 heterocycles. The summed E-state index contributed by atoms with van der Waals surface area (Å²) < 4.78 is 0. The molecule has 0 aliphatic carbocycles. The van der Waals surface area contributed by atoms with Gasteiger partial charge in [0.2, 0.25) is 5.91 Å². The van der Waals surface area contributed by atoms with E-state index in [1.807, 2.05) is 4.98 Å². The van der Waals surface area contributed by atoms with Crippen LogP contribution in [0.25, 0.3) is 0 Å². The predicted molar refractivity (Wildman–Crippen MR) is 85.0 cm³/mol. The van der Waals surface area contributed by atoms with Gasteiger partial charge in [-0.2, -0.15) is 5.10 Å². The molecule has 0 bridgehead atoms. The third kappa shape index (κ3) is 4.22. The zero-order valence-corrected chi connectivity index (χ0v) is 12.5. The van der Waals surface area contributed by atoms with Crippen molar-refractivity contribution in [2.24, 2.45) is 5.10 Å². The maximum atomic E-state index is 11.8. The fourth-order valence-corrected chi connectivity index (χ4v) is 1.90. The summed E-state index contributed by atoms with van der Waals surface area (Å²) in [6.07, 6.45) is 1.06. The number of aromatic nitrogens is 2. The van der Waals surface area contributed by atoms with Crippen molar-refractivity contribution >= 4 is 17.8 Å². The highest BCUT2D eigenvalue weighted by molar-refractivity contribution is 5.83. The van der Waals surface area contributed by atoms with Crippen LogP contribution in [0.4, 0.5) is 5.69 Å². The van der Waals surface area contributed by atoms with Gasteiger partial charge >= 0.3 is 5.69 Å². The van der Waals surface area contributed by atoms with E-state index in [0.29, 0.717) is 11.3 Å². The number of hydrogen-bond acceptors (Lipinski definition) is 6. The van der Waals surface area contributed by atoms with Gasteiger partial charge in [0.1, 0.15) is 0 Å². The lowest BCUT2D eigenvalue weighted by atomic mass is 10.1. The van der Waals surface area contributed by atoms with Gasteiger partial charge in [-0.1, -0.05) is 0 Å². The number of carbonyl (C=O) groups excluding carboxylic acids is 1. The molecule has 2 rings (SSSR count). The van der Waals surface area contributed by atoms with Crippen LogP contribution >= 0.6 is 0 Å². The van der Waals surface area contributed by atoms with Crippen molar-refractivity contribution in [3.63, 3.8) is 0 Å². The van der Waals surface area contributed by atoms with Crippen LogP contribution < -0.4 is 16.7 Å². The molecule has 0 aliphatic rings. The monoisotopic (exact) mass is 331 g/mol. The third-order valence-corrected chi connectivity index (χ3v) is 3.10. The first kappa shape index (κ1) is 16.8. The fraction of sp³-hybridized carbons (Fsp3) is 0.143. The normalized spacial score (nSPS) is 10.7. The molecular weight excluding hydrogens is 318 g/mol. The van der Waals surface area contributed by atoms with Gasteiger partial charge < -0.3 is 4.98 Å². The Morgan fingerprint density at radius 3 is 2.54 bits per heavy atom. The largest absolute Gasteiger partial charge is 0.325 e. The van der Waals surface area contributed by atoms with E-state index in [1.165, 1.54) is 37.4 Å². The smallest absolute Gasteiger partial charge is 0.311 e. The molecule has 0 spiro atoms. The molecule has 1 amide bonds. The Morgan fingerprint density at radius 2 is 1.96 bits per heavy atom. The highest BCUT2D eigenvalue weighted by atomic mass is 16.6. The molecule has 24 heavy (non-hydrogen) atoms. The van der Waals surface area contributed by atoms with Crippen LogP contribution in [-0.2, 0) is 11.2 Å². The summed E-state index contributed by atoms with van der Waals surface area (Å²) in [5, 5.41) is 14.2. The molecule has 1 aromatic carbocycles. The first-order valence-electron chi connectivity index (χ1n) is 6.75. The number of nitro benzene ring substituents is 1. The van der Waals surface area contributed by atoms with Crippen molar-refractivity contribution < 1.29 is 9.72 Å². The molecule has 0 saturated carbocycles. The van der Waals surface area contributed by atoms with E-state index in [2.05, 4.69) is 15.5 Å². The molecule has 2 aromatic rings.